The molecular weight excluding hydrogens is 462 g/mol. The van der Waals surface area contributed by atoms with Gasteiger partial charge in [-0.3, -0.25) is 4.79 Å². The topological polar surface area (TPSA) is 100 Å². The van der Waals surface area contributed by atoms with Gasteiger partial charge in [0.15, 0.2) is 5.75 Å². The smallest absolute Gasteiger partial charge is 0.374 e. The molecule has 0 aromatic heterocycles. The van der Waals surface area contributed by atoms with Gasteiger partial charge >= 0.3 is 11.9 Å². The van der Waals surface area contributed by atoms with E-state index >= 15 is 0 Å². The van der Waals surface area contributed by atoms with Crippen LogP contribution >= 0.6 is 0 Å². The summed E-state index contributed by atoms with van der Waals surface area (Å²) >= 11 is 0. The number of anilines is 1. The van der Waals surface area contributed by atoms with E-state index < -0.39 is 11.9 Å². The molecule has 0 heterocycles. The molecule has 0 saturated carbocycles. The third kappa shape index (κ3) is 9.82. The fourth-order valence-electron chi connectivity index (χ4n) is 3.32. The number of carbonyl (C=O) groups is 3. The van der Waals surface area contributed by atoms with Crippen LogP contribution in [0.15, 0.2) is 60.4 Å². The number of hydrogen-bond donors (Lipinski definition) is 1. The Bertz CT molecular complexity index is 1010. The molecule has 2 aromatic carbocycles. The van der Waals surface area contributed by atoms with Crippen LogP contribution in [0.5, 0.6) is 11.5 Å². The van der Waals surface area contributed by atoms with Crippen molar-refractivity contribution in [3.63, 3.8) is 0 Å². The van der Waals surface area contributed by atoms with Crippen molar-refractivity contribution >= 4 is 23.5 Å². The third-order valence-electron chi connectivity index (χ3n) is 5.33. The molecule has 0 unspecified atom stereocenters. The zero-order valence-corrected chi connectivity index (χ0v) is 21.2. The highest BCUT2D eigenvalue weighted by molar-refractivity contribution is 6.05. The second kappa shape index (κ2) is 16.0. The number of benzene rings is 2. The van der Waals surface area contributed by atoms with Crippen LogP contribution in [0.2, 0.25) is 0 Å². The standard InChI is InChI=1S/C28H35NO7/c1-4-5-6-7-8-9-12-19-35-22-17-15-21(16-18-22)27(31)29-23-13-10-11-14-24(23)36-25(28(32)34-3)20-26(30)33-2/h10-11,13-18,20H,4-9,12,19H2,1-3H3,(H,29,31)/b25-20+. The molecule has 0 spiro atoms. The Morgan fingerprint density at radius 3 is 2.17 bits per heavy atom. The van der Waals surface area contributed by atoms with Crippen LogP contribution < -0.4 is 14.8 Å². The molecule has 0 bridgehead atoms. The second-order valence-electron chi connectivity index (χ2n) is 8.07. The van der Waals surface area contributed by atoms with E-state index in [9.17, 15) is 14.4 Å². The molecule has 8 heteroatoms. The number of amides is 1. The van der Waals surface area contributed by atoms with E-state index in [2.05, 4.69) is 21.7 Å². The number of carbonyl (C=O) groups excluding carboxylic acids is 3. The third-order valence-corrected chi connectivity index (χ3v) is 5.33. The molecule has 2 aromatic rings. The molecule has 8 nitrogen and oxygen atoms in total. The Labute approximate surface area is 212 Å². The fourth-order valence-corrected chi connectivity index (χ4v) is 3.32. The number of esters is 2. The lowest BCUT2D eigenvalue weighted by Crippen LogP contribution is -2.16. The SMILES string of the molecule is CCCCCCCCCOc1ccc(C(=O)Nc2ccccc2O/C(=C/C(=O)OC)C(=O)OC)cc1. The summed E-state index contributed by atoms with van der Waals surface area (Å²) in [4.78, 5) is 36.4. The first-order valence-electron chi connectivity index (χ1n) is 12.2. The van der Waals surface area contributed by atoms with Crippen LogP contribution in [0.1, 0.15) is 62.2 Å². The summed E-state index contributed by atoms with van der Waals surface area (Å²) in [6, 6.07) is 13.4. The number of methoxy groups -OCH3 is 2. The maximum atomic E-state index is 12.8. The van der Waals surface area contributed by atoms with Crippen LogP contribution in [-0.2, 0) is 19.1 Å². The number of rotatable bonds is 15. The van der Waals surface area contributed by atoms with Crippen molar-refractivity contribution in [2.45, 2.75) is 51.9 Å². The van der Waals surface area contributed by atoms with Gasteiger partial charge in [0, 0.05) is 5.56 Å². The molecule has 0 aliphatic heterocycles. The lowest BCUT2D eigenvalue weighted by Gasteiger charge is -2.13. The van der Waals surface area contributed by atoms with Gasteiger partial charge in [-0.1, -0.05) is 57.6 Å². The quantitative estimate of drug-likeness (QED) is 0.146. The summed E-state index contributed by atoms with van der Waals surface area (Å²) in [5, 5.41) is 2.76. The number of hydrogen-bond acceptors (Lipinski definition) is 7. The van der Waals surface area contributed by atoms with Crippen molar-refractivity contribution in [2.75, 3.05) is 26.1 Å². The molecule has 0 saturated heterocycles. The van der Waals surface area contributed by atoms with Crippen molar-refractivity contribution in [1.82, 2.24) is 0 Å². The van der Waals surface area contributed by atoms with Gasteiger partial charge in [-0.2, -0.15) is 0 Å². The van der Waals surface area contributed by atoms with Gasteiger partial charge in [0.05, 0.1) is 32.6 Å². The molecule has 0 radical (unpaired) electrons. The highest BCUT2D eigenvalue weighted by Gasteiger charge is 2.18. The van der Waals surface area contributed by atoms with E-state index in [1.807, 2.05) is 0 Å². The van der Waals surface area contributed by atoms with E-state index in [1.165, 1.54) is 39.2 Å². The van der Waals surface area contributed by atoms with Gasteiger partial charge in [-0.15, -0.1) is 0 Å². The fraction of sp³-hybridized carbons (Fsp3) is 0.393. The molecule has 0 fully saturated rings. The van der Waals surface area contributed by atoms with Gasteiger partial charge in [0.1, 0.15) is 5.75 Å². The maximum Gasteiger partial charge on any atom is 0.374 e. The summed E-state index contributed by atoms with van der Waals surface area (Å²) < 4.78 is 20.6. The van der Waals surface area contributed by atoms with E-state index in [-0.39, 0.29) is 17.4 Å². The summed E-state index contributed by atoms with van der Waals surface area (Å²) in [5.74, 6) is -1.55. The van der Waals surface area contributed by atoms with E-state index in [0.29, 0.717) is 23.6 Å². The molecule has 194 valence electrons. The van der Waals surface area contributed by atoms with Crippen molar-refractivity contribution in [3.8, 4) is 11.5 Å². The number of nitrogens with one attached hydrogen (secondary N) is 1. The van der Waals surface area contributed by atoms with Crippen molar-refractivity contribution in [1.29, 1.82) is 0 Å². The molecule has 36 heavy (non-hydrogen) atoms. The van der Waals surface area contributed by atoms with Gasteiger partial charge in [-0.25, -0.2) is 9.59 Å². The normalized spacial score (nSPS) is 10.9. The van der Waals surface area contributed by atoms with Crippen LogP contribution in [0.4, 0.5) is 5.69 Å². The predicted octanol–water partition coefficient (Wildman–Crippen LogP) is 5.68. The van der Waals surface area contributed by atoms with Crippen molar-refractivity contribution < 1.29 is 33.3 Å². The molecule has 0 atom stereocenters. The zero-order valence-electron chi connectivity index (χ0n) is 21.2. The Kier molecular flexibility index (Phi) is 12.6. The highest BCUT2D eigenvalue weighted by atomic mass is 16.6. The molecular formula is C28H35NO7. The first-order chi connectivity index (χ1) is 17.5. The average molecular weight is 498 g/mol. The van der Waals surface area contributed by atoms with E-state index in [0.717, 1.165) is 26.0 Å². The zero-order chi connectivity index (χ0) is 26.2. The first kappa shape index (κ1) is 28.4. The number of unbranched alkanes of at least 4 members (excludes halogenated alkanes) is 6. The first-order valence-corrected chi connectivity index (χ1v) is 12.2. The van der Waals surface area contributed by atoms with Crippen LogP contribution in [0, 0.1) is 0 Å². The monoisotopic (exact) mass is 497 g/mol. The Morgan fingerprint density at radius 2 is 1.50 bits per heavy atom. The van der Waals surface area contributed by atoms with Crippen LogP contribution in [-0.4, -0.2) is 38.7 Å². The Hall–Kier alpha value is -3.81. The summed E-state index contributed by atoms with van der Waals surface area (Å²) in [5.41, 5.74) is 0.729. The minimum atomic E-state index is -0.867. The van der Waals surface area contributed by atoms with Crippen molar-refractivity contribution in [3.05, 3.63) is 65.9 Å². The predicted molar refractivity (Wildman–Crippen MR) is 137 cm³/mol. The second-order valence-corrected chi connectivity index (χ2v) is 8.07. The van der Waals surface area contributed by atoms with Crippen LogP contribution in [0.25, 0.3) is 0 Å². The summed E-state index contributed by atoms with van der Waals surface area (Å²) in [7, 11) is 2.33. The van der Waals surface area contributed by atoms with Crippen molar-refractivity contribution in [2.24, 2.45) is 0 Å². The Morgan fingerprint density at radius 1 is 0.833 bits per heavy atom. The Balaban J connectivity index is 1.94. The average Bonchev–Trinajstić information content (AvgIpc) is 2.90. The maximum absolute atomic E-state index is 12.8. The van der Waals surface area contributed by atoms with Crippen LogP contribution in [0.3, 0.4) is 0 Å². The molecule has 1 amide bonds. The molecule has 2 rings (SSSR count). The molecule has 1 N–H and O–H groups in total. The number of ether oxygens (including phenoxy) is 4. The molecule has 0 aliphatic carbocycles. The minimum absolute atomic E-state index is 0.154. The van der Waals surface area contributed by atoms with E-state index in [1.54, 1.807) is 48.5 Å². The summed E-state index contributed by atoms with van der Waals surface area (Å²) in [6.07, 6.45) is 9.38. The van der Waals surface area contributed by atoms with E-state index in [4.69, 9.17) is 9.47 Å². The van der Waals surface area contributed by atoms with Gasteiger partial charge < -0.3 is 24.3 Å². The van der Waals surface area contributed by atoms with Gasteiger partial charge in [0.25, 0.3) is 5.91 Å². The lowest BCUT2D eigenvalue weighted by molar-refractivity contribution is -0.140. The van der Waals surface area contributed by atoms with Gasteiger partial charge in [0.2, 0.25) is 5.76 Å². The minimum Gasteiger partial charge on any atom is -0.494 e. The highest BCUT2D eigenvalue weighted by Crippen LogP contribution is 2.27. The lowest BCUT2D eigenvalue weighted by atomic mass is 10.1. The largest absolute Gasteiger partial charge is 0.494 e. The summed E-state index contributed by atoms with van der Waals surface area (Å²) in [6.45, 7) is 2.86. The number of para-hydroxylation sites is 2. The van der Waals surface area contributed by atoms with Gasteiger partial charge in [-0.05, 0) is 42.8 Å². The molecule has 0 aliphatic rings.